The maximum absolute atomic E-state index is 12.0. The van der Waals surface area contributed by atoms with Gasteiger partial charge in [-0.15, -0.1) is 10.2 Å². The number of nitrogens with zero attached hydrogens (tertiary/aromatic N) is 2. The lowest BCUT2D eigenvalue weighted by atomic mass is 10.2. The molecule has 20 heavy (non-hydrogen) atoms. The standard InChI is InChI=1S/C14H17N3O2S/c1-9(2)13-16-17-14(19-13)20-10(3)12(18)15-11-7-5-4-6-8-11/h4-10H,1-3H3,(H,15,18)/t10-/m0/s1. The molecule has 1 heterocycles. The summed E-state index contributed by atoms with van der Waals surface area (Å²) in [6.45, 7) is 5.77. The third-order valence-electron chi connectivity index (χ3n) is 2.60. The number of anilines is 1. The van der Waals surface area contributed by atoms with Crippen LogP contribution in [0, 0.1) is 0 Å². The molecule has 0 aliphatic carbocycles. The molecule has 0 spiro atoms. The highest BCUT2D eigenvalue weighted by Gasteiger charge is 2.19. The van der Waals surface area contributed by atoms with Crippen molar-refractivity contribution in [3.63, 3.8) is 0 Å². The monoisotopic (exact) mass is 291 g/mol. The summed E-state index contributed by atoms with van der Waals surface area (Å²) in [4.78, 5) is 12.0. The van der Waals surface area contributed by atoms with E-state index in [-0.39, 0.29) is 17.1 Å². The zero-order valence-electron chi connectivity index (χ0n) is 11.7. The van der Waals surface area contributed by atoms with E-state index >= 15 is 0 Å². The number of rotatable bonds is 5. The molecule has 2 rings (SSSR count). The number of amides is 1. The third kappa shape index (κ3) is 3.84. The Labute approximate surface area is 122 Å². The number of thioether (sulfide) groups is 1. The van der Waals surface area contributed by atoms with Gasteiger partial charge in [0.2, 0.25) is 11.8 Å². The molecule has 1 atom stereocenters. The molecule has 1 aromatic heterocycles. The third-order valence-corrected chi connectivity index (χ3v) is 3.54. The van der Waals surface area contributed by atoms with Crippen LogP contribution in [0.5, 0.6) is 0 Å². The van der Waals surface area contributed by atoms with Gasteiger partial charge in [-0.3, -0.25) is 4.79 Å². The minimum absolute atomic E-state index is 0.0921. The minimum atomic E-state index is -0.310. The molecule has 1 N–H and O–H groups in total. The van der Waals surface area contributed by atoms with Crippen molar-refractivity contribution in [3.05, 3.63) is 36.2 Å². The van der Waals surface area contributed by atoms with Gasteiger partial charge in [0, 0.05) is 11.6 Å². The van der Waals surface area contributed by atoms with Gasteiger partial charge >= 0.3 is 0 Å². The Morgan fingerprint density at radius 2 is 1.90 bits per heavy atom. The fraction of sp³-hybridized carbons (Fsp3) is 0.357. The first-order chi connectivity index (χ1) is 9.56. The van der Waals surface area contributed by atoms with Crippen molar-refractivity contribution in [3.8, 4) is 0 Å². The normalized spacial score (nSPS) is 12.4. The summed E-state index contributed by atoms with van der Waals surface area (Å²) in [5.41, 5.74) is 0.776. The lowest BCUT2D eigenvalue weighted by Gasteiger charge is -2.09. The molecular weight excluding hydrogens is 274 g/mol. The van der Waals surface area contributed by atoms with Gasteiger partial charge in [0.05, 0.1) is 5.25 Å². The summed E-state index contributed by atoms with van der Waals surface area (Å²) < 4.78 is 5.48. The van der Waals surface area contributed by atoms with Crippen LogP contribution >= 0.6 is 11.8 Å². The second kappa shape index (κ2) is 6.56. The summed E-state index contributed by atoms with van der Waals surface area (Å²) in [5.74, 6) is 0.680. The van der Waals surface area contributed by atoms with E-state index in [2.05, 4.69) is 15.5 Å². The second-order valence-electron chi connectivity index (χ2n) is 4.68. The summed E-state index contributed by atoms with van der Waals surface area (Å²) in [6.07, 6.45) is 0. The molecule has 106 valence electrons. The molecule has 1 aromatic carbocycles. The number of para-hydroxylation sites is 1. The highest BCUT2D eigenvalue weighted by Crippen LogP contribution is 2.24. The molecule has 0 aliphatic rings. The molecular formula is C14H17N3O2S. The number of aromatic nitrogens is 2. The molecule has 0 saturated heterocycles. The van der Waals surface area contributed by atoms with Crippen molar-refractivity contribution in [1.82, 2.24) is 10.2 Å². The Kier molecular flexibility index (Phi) is 4.79. The summed E-state index contributed by atoms with van der Waals surface area (Å²) >= 11 is 1.26. The zero-order chi connectivity index (χ0) is 14.5. The van der Waals surface area contributed by atoms with Gasteiger partial charge in [0.1, 0.15) is 0 Å². The van der Waals surface area contributed by atoms with E-state index in [1.807, 2.05) is 51.1 Å². The van der Waals surface area contributed by atoms with E-state index in [0.29, 0.717) is 11.1 Å². The van der Waals surface area contributed by atoms with Crippen LogP contribution in [0.2, 0.25) is 0 Å². The van der Waals surface area contributed by atoms with Gasteiger partial charge in [-0.25, -0.2) is 0 Å². The second-order valence-corrected chi connectivity index (χ2v) is 5.97. The number of carbonyl (C=O) groups is 1. The predicted molar refractivity (Wildman–Crippen MR) is 78.8 cm³/mol. The van der Waals surface area contributed by atoms with Gasteiger partial charge in [-0.05, 0) is 19.1 Å². The Hall–Kier alpha value is -1.82. The van der Waals surface area contributed by atoms with E-state index in [0.717, 1.165) is 5.69 Å². The maximum Gasteiger partial charge on any atom is 0.277 e. The van der Waals surface area contributed by atoms with Crippen LogP contribution in [0.4, 0.5) is 5.69 Å². The minimum Gasteiger partial charge on any atom is -0.416 e. The highest BCUT2D eigenvalue weighted by atomic mass is 32.2. The molecule has 0 saturated carbocycles. The number of nitrogens with one attached hydrogen (secondary N) is 1. The lowest BCUT2D eigenvalue weighted by Crippen LogP contribution is -2.22. The zero-order valence-corrected chi connectivity index (χ0v) is 12.5. The van der Waals surface area contributed by atoms with Crippen LogP contribution in [0.3, 0.4) is 0 Å². The van der Waals surface area contributed by atoms with Crippen molar-refractivity contribution in [1.29, 1.82) is 0 Å². The van der Waals surface area contributed by atoms with Crippen LogP contribution in [0.1, 0.15) is 32.6 Å². The topological polar surface area (TPSA) is 68.0 Å². The van der Waals surface area contributed by atoms with Crippen molar-refractivity contribution in [2.24, 2.45) is 0 Å². The summed E-state index contributed by atoms with van der Waals surface area (Å²) in [6, 6.07) is 9.35. The van der Waals surface area contributed by atoms with Gasteiger partial charge in [-0.2, -0.15) is 0 Å². The molecule has 6 heteroatoms. The lowest BCUT2D eigenvalue weighted by molar-refractivity contribution is -0.115. The van der Waals surface area contributed by atoms with Crippen LogP contribution in [-0.4, -0.2) is 21.4 Å². The van der Waals surface area contributed by atoms with Crippen molar-refractivity contribution in [2.75, 3.05) is 5.32 Å². The maximum atomic E-state index is 12.0. The highest BCUT2D eigenvalue weighted by molar-refractivity contribution is 8.00. The number of carbonyl (C=O) groups excluding carboxylic acids is 1. The summed E-state index contributed by atoms with van der Waals surface area (Å²) in [7, 11) is 0. The van der Waals surface area contributed by atoms with Gasteiger partial charge in [-0.1, -0.05) is 43.8 Å². The van der Waals surface area contributed by atoms with Crippen LogP contribution < -0.4 is 5.32 Å². The Morgan fingerprint density at radius 1 is 1.20 bits per heavy atom. The first-order valence-corrected chi connectivity index (χ1v) is 7.30. The van der Waals surface area contributed by atoms with Crippen LogP contribution in [-0.2, 0) is 4.79 Å². The van der Waals surface area contributed by atoms with Gasteiger partial charge < -0.3 is 9.73 Å². The Morgan fingerprint density at radius 3 is 2.50 bits per heavy atom. The molecule has 0 unspecified atom stereocenters. The molecule has 0 aliphatic heterocycles. The van der Waals surface area contributed by atoms with Crippen molar-refractivity contribution in [2.45, 2.75) is 37.2 Å². The largest absolute Gasteiger partial charge is 0.416 e. The number of hydrogen-bond donors (Lipinski definition) is 1. The van der Waals surface area contributed by atoms with E-state index in [4.69, 9.17) is 4.42 Å². The van der Waals surface area contributed by atoms with E-state index < -0.39 is 0 Å². The van der Waals surface area contributed by atoms with Crippen LogP contribution in [0.15, 0.2) is 40.0 Å². The van der Waals surface area contributed by atoms with Gasteiger partial charge in [0.15, 0.2) is 0 Å². The SMILES string of the molecule is CC(C)c1nnc(S[C@@H](C)C(=O)Nc2ccccc2)o1. The summed E-state index contributed by atoms with van der Waals surface area (Å²) in [5, 5.41) is 10.8. The molecule has 0 bridgehead atoms. The predicted octanol–water partition coefficient (Wildman–Crippen LogP) is 3.31. The van der Waals surface area contributed by atoms with E-state index in [1.54, 1.807) is 0 Å². The number of benzene rings is 1. The van der Waals surface area contributed by atoms with Gasteiger partial charge in [0.25, 0.3) is 5.22 Å². The first-order valence-electron chi connectivity index (χ1n) is 6.42. The van der Waals surface area contributed by atoms with Crippen molar-refractivity contribution >= 4 is 23.4 Å². The molecule has 1 amide bonds. The quantitative estimate of drug-likeness (QED) is 0.856. The molecule has 0 fully saturated rings. The Balaban J connectivity index is 1.93. The molecule has 5 nitrogen and oxygen atoms in total. The molecule has 0 radical (unpaired) electrons. The average Bonchev–Trinajstić information content (AvgIpc) is 2.88. The van der Waals surface area contributed by atoms with E-state index in [9.17, 15) is 4.79 Å². The first kappa shape index (κ1) is 14.6. The smallest absolute Gasteiger partial charge is 0.277 e. The van der Waals surface area contributed by atoms with Crippen LogP contribution in [0.25, 0.3) is 0 Å². The number of hydrogen-bond acceptors (Lipinski definition) is 5. The molecule has 2 aromatic rings. The Bertz CT molecular complexity index is 569. The fourth-order valence-electron chi connectivity index (χ4n) is 1.47. The average molecular weight is 291 g/mol. The van der Waals surface area contributed by atoms with E-state index in [1.165, 1.54) is 11.8 Å². The van der Waals surface area contributed by atoms with Crippen molar-refractivity contribution < 1.29 is 9.21 Å². The fourth-order valence-corrected chi connectivity index (χ4v) is 2.16.